The molecule has 2 aliphatic heterocycles. The number of amides is 1. The number of ether oxygens (including phenoxy) is 1. The summed E-state index contributed by atoms with van der Waals surface area (Å²) >= 11 is 0. The topological polar surface area (TPSA) is 55.6 Å². The van der Waals surface area contributed by atoms with Crippen molar-refractivity contribution in [1.82, 2.24) is 4.90 Å². The lowest BCUT2D eigenvalue weighted by molar-refractivity contribution is -0.135. The minimum absolute atomic E-state index is 0.0675. The molecule has 4 nitrogen and oxygen atoms in total. The molecule has 0 spiro atoms. The quantitative estimate of drug-likeness (QED) is 0.908. The minimum Gasteiger partial charge on any atom is -0.493 e. The van der Waals surface area contributed by atoms with Gasteiger partial charge in [-0.1, -0.05) is 31.0 Å². The van der Waals surface area contributed by atoms with Gasteiger partial charge in [0.1, 0.15) is 5.75 Å². The molecule has 2 atom stereocenters. The maximum absolute atomic E-state index is 13.1. The van der Waals surface area contributed by atoms with Gasteiger partial charge in [0, 0.05) is 24.7 Å². The van der Waals surface area contributed by atoms with Gasteiger partial charge in [-0.2, -0.15) is 0 Å². The molecule has 0 aromatic heterocycles. The van der Waals surface area contributed by atoms with E-state index >= 15 is 0 Å². The molecule has 1 saturated heterocycles. The molecular formula is C17H24N2O2. The molecule has 0 bridgehead atoms. The molecule has 2 N–H and O–H groups in total. The predicted molar refractivity (Wildman–Crippen MR) is 82.3 cm³/mol. The number of benzene rings is 1. The number of para-hydroxylation sites is 1. The van der Waals surface area contributed by atoms with Gasteiger partial charge in [0.25, 0.3) is 0 Å². The van der Waals surface area contributed by atoms with Crippen LogP contribution in [0.5, 0.6) is 5.75 Å². The SMILES string of the molecule is NCC1CCCCCN1C(=O)C1CCOc2ccccc21. The second-order valence-electron chi connectivity index (χ2n) is 6.00. The van der Waals surface area contributed by atoms with E-state index < -0.39 is 0 Å². The normalized spacial score (nSPS) is 25.7. The summed E-state index contributed by atoms with van der Waals surface area (Å²) in [6.07, 6.45) is 5.27. The monoisotopic (exact) mass is 288 g/mol. The van der Waals surface area contributed by atoms with Crippen molar-refractivity contribution in [3.05, 3.63) is 29.8 Å². The molecule has 1 aromatic rings. The van der Waals surface area contributed by atoms with Crippen molar-refractivity contribution in [1.29, 1.82) is 0 Å². The van der Waals surface area contributed by atoms with E-state index in [1.165, 1.54) is 12.8 Å². The number of carbonyl (C=O) groups excluding carboxylic acids is 1. The van der Waals surface area contributed by atoms with Gasteiger partial charge in [-0.3, -0.25) is 4.79 Å². The van der Waals surface area contributed by atoms with Crippen molar-refractivity contribution in [3.8, 4) is 5.75 Å². The second kappa shape index (κ2) is 6.48. The van der Waals surface area contributed by atoms with E-state index in [-0.39, 0.29) is 17.9 Å². The average molecular weight is 288 g/mol. The standard InChI is InChI=1S/C17H24N2O2/c18-12-13-6-2-1-5-10-19(13)17(20)15-9-11-21-16-8-4-3-7-14(15)16/h3-4,7-8,13,15H,1-2,5-6,9-12,18H2. The molecule has 2 heterocycles. The van der Waals surface area contributed by atoms with Gasteiger partial charge in [0.2, 0.25) is 5.91 Å². The molecule has 21 heavy (non-hydrogen) atoms. The van der Waals surface area contributed by atoms with E-state index in [2.05, 4.69) is 0 Å². The number of hydrogen-bond acceptors (Lipinski definition) is 3. The third-order valence-electron chi connectivity index (χ3n) is 4.69. The Morgan fingerprint density at radius 1 is 1.24 bits per heavy atom. The van der Waals surface area contributed by atoms with Gasteiger partial charge in [-0.05, 0) is 25.3 Å². The molecule has 2 unspecified atom stereocenters. The van der Waals surface area contributed by atoms with Crippen molar-refractivity contribution < 1.29 is 9.53 Å². The first-order chi connectivity index (χ1) is 10.3. The largest absolute Gasteiger partial charge is 0.493 e. The minimum atomic E-state index is -0.0675. The number of nitrogens with zero attached hydrogens (tertiary/aromatic N) is 1. The number of rotatable bonds is 2. The van der Waals surface area contributed by atoms with E-state index in [0.29, 0.717) is 13.2 Å². The molecule has 4 heteroatoms. The van der Waals surface area contributed by atoms with Gasteiger partial charge in [0.05, 0.1) is 12.5 Å². The summed E-state index contributed by atoms with van der Waals surface area (Å²) in [6, 6.07) is 8.12. The molecule has 0 radical (unpaired) electrons. The first kappa shape index (κ1) is 14.4. The van der Waals surface area contributed by atoms with Crippen LogP contribution in [0.2, 0.25) is 0 Å². The molecule has 1 amide bonds. The number of fused-ring (bicyclic) bond motifs is 1. The fourth-order valence-electron chi connectivity index (χ4n) is 3.51. The Labute approximate surface area is 126 Å². The fraction of sp³-hybridized carbons (Fsp3) is 0.588. The molecule has 1 fully saturated rings. The van der Waals surface area contributed by atoms with Crippen LogP contribution < -0.4 is 10.5 Å². The Kier molecular flexibility index (Phi) is 4.44. The molecular weight excluding hydrogens is 264 g/mol. The first-order valence-corrected chi connectivity index (χ1v) is 8.03. The van der Waals surface area contributed by atoms with E-state index in [1.54, 1.807) is 0 Å². The summed E-state index contributed by atoms with van der Waals surface area (Å²) in [5.41, 5.74) is 6.94. The van der Waals surface area contributed by atoms with Crippen LogP contribution in [0.15, 0.2) is 24.3 Å². The van der Waals surface area contributed by atoms with Crippen LogP contribution >= 0.6 is 0 Å². The summed E-state index contributed by atoms with van der Waals surface area (Å²) in [7, 11) is 0. The molecule has 2 aliphatic rings. The lowest BCUT2D eigenvalue weighted by Crippen LogP contribution is -2.46. The van der Waals surface area contributed by atoms with Crippen molar-refractivity contribution in [2.45, 2.75) is 44.1 Å². The highest BCUT2D eigenvalue weighted by Gasteiger charge is 2.33. The number of carbonyl (C=O) groups is 1. The van der Waals surface area contributed by atoms with Crippen LogP contribution in [0, 0.1) is 0 Å². The van der Waals surface area contributed by atoms with Crippen LogP contribution in [0.1, 0.15) is 43.6 Å². The molecule has 0 saturated carbocycles. The first-order valence-electron chi connectivity index (χ1n) is 8.03. The molecule has 0 aliphatic carbocycles. The van der Waals surface area contributed by atoms with E-state index in [9.17, 15) is 4.79 Å². The zero-order valence-corrected chi connectivity index (χ0v) is 12.5. The summed E-state index contributed by atoms with van der Waals surface area (Å²) < 4.78 is 5.67. The van der Waals surface area contributed by atoms with Gasteiger partial charge in [-0.15, -0.1) is 0 Å². The smallest absolute Gasteiger partial charge is 0.230 e. The summed E-state index contributed by atoms with van der Waals surface area (Å²) in [6.45, 7) is 2.03. The van der Waals surface area contributed by atoms with Gasteiger partial charge >= 0.3 is 0 Å². The van der Waals surface area contributed by atoms with Crippen molar-refractivity contribution in [2.24, 2.45) is 5.73 Å². The number of hydrogen-bond donors (Lipinski definition) is 1. The average Bonchev–Trinajstić information content (AvgIpc) is 2.79. The number of likely N-dealkylation sites (tertiary alicyclic amines) is 1. The van der Waals surface area contributed by atoms with E-state index in [0.717, 1.165) is 37.1 Å². The highest BCUT2D eigenvalue weighted by molar-refractivity contribution is 5.85. The van der Waals surface area contributed by atoms with Crippen LogP contribution in [0.25, 0.3) is 0 Å². The highest BCUT2D eigenvalue weighted by Crippen LogP contribution is 2.35. The Morgan fingerprint density at radius 2 is 2.10 bits per heavy atom. The lowest BCUT2D eigenvalue weighted by atomic mass is 9.91. The van der Waals surface area contributed by atoms with Crippen LogP contribution in [-0.4, -0.2) is 36.5 Å². The van der Waals surface area contributed by atoms with Crippen LogP contribution in [-0.2, 0) is 4.79 Å². The third kappa shape index (κ3) is 2.91. The maximum Gasteiger partial charge on any atom is 0.230 e. The van der Waals surface area contributed by atoms with E-state index in [1.807, 2.05) is 29.2 Å². The summed E-state index contributed by atoms with van der Waals surface area (Å²) in [5, 5.41) is 0. The third-order valence-corrected chi connectivity index (χ3v) is 4.69. The zero-order valence-electron chi connectivity index (χ0n) is 12.5. The van der Waals surface area contributed by atoms with Crippen molar-refractivity contribution in [3.63, 3.8) is 0 Å². The second-order valence-corrected chi connectivity index (χ2v) is 6.00. The predicted octanol–water partition coefficient (Wildman–Crippen LogP) is 2.28. The Morgan fingerprint density at radius 3 is 2.95 bits per heavy atom. The van der Waals surface area contributed by atoms with Crippen LogP contribution in [0.4, 0.5) is 0 Å². The summed E-state index contributed by atoms with van der Waals surface area (Å²) in [4.78, 5) is 15.1. The maximum atomic E-state index is 13.1. The Balaban J connectivity index is 1.84. The fourth-order valence-corrected chi connectivity index (χ4v) is 3.51. The Bertz CT molecular complexity index is 503. The van der Waals surface area contributed by atoms with Crippen LogP contribution in [0.3, 0.4) is 0 Å². The molecule has 3 rings (SSSR count). The number of nitrogens with two attached hydrogens (primary N) is 1. The molecule has 1 aromatic carbocycles. The lowest BCUT2D eigenvalue weighted by Gasteiger charge is -2.34. The van der Waals surface area contributed by atoms with Gasteiger partial charge < -0.3 is 15.4 Å². The van der Waals surface area contributed by atoms with Gasteiger partial charge in [-0.25, -0.2) is 0 Å². The zero-order chi connectivity index (χ0) is 14.7. The van der Waals surface area contributed by atoms with E-state index in [4.69, 9.17) is 10.5 Å². The Hall–Kier alpha value is -1.55. The van der Waals surface area contributed by atoms with Crippen molar-refractivity contribution >= 4 is 5.91 Å². The van der Waals surface area contributed by atoms with Gasteiger partial charge in [0.15, 0.2) is 0 Å². The highest BCUT2D eigenvalue weighted by atomic mass is 16.5. The van der Waals surface area contributed by atoms with Crippen molar-refractivity contribution in [2.75, 3.05) is 19.7 Å². The summed E-state index contributed by atoms with van der Waals surface area (Å²) in [5.74, 6) is 1.03. The molecule has 114 valence electrons.